The molecule has 0 aliphatic heterocycles. The molecule has 1 saturated carbocycles. The molecule has 0 unspecified atom stereocenters. The molecular formula is C8H14O2. The molecule has 0 aromatic heterocycles. The van der Waals surface area contributed by atoms with Crippen molar-refractivity contribution in [2.75, 3.05) is 0 Å². The minimum Gasteiger partial charge on any atom is -0.393 e. The summed E-state index contributed by atoms with van der Waals surface area (Å²) in [7, 11) is 0. The summed E-state index contributed by atoms with van der Waals surface area (Å²) in [5.74, 6) is 0.256. The van der Waals surface area contributed by atoms with E-state index < -0.39 is 0 Å². The summed E-state index contributed by atoms with van der Waals surface area (Å²) in [4.78, 5) is 10.1. The van der Waals surface area contributed by atoms with Gasteiger partial charge in [0, 0.05) is 6.42 Å². The standard InChI is InChI=1S/C8H14O2/c9-6-5-7-3-1-2-4-8(7)10/h6-8,10H,1-5H2/t7-,8-/m0/s1. The lowest BCUT2D eigenvalue weighted by atomic mass is 9.85. The largest absolute Gasteiger partial charge is 0.393 e. The number of aliphatic hydroxyl groups excluding tert-OH is 1. The Balaban J connectivity index is 2.32. The van der Waals surface area contributed by atoms with Gasteiger partial charge in [-0.25, -0.2) is 0 Å². The van der Waals surface area contributed by atoms with Crippen LogP contribution in [0.5, 0.6) is 0 Å². The summed E-state index contributed by atoms with van der Waals surface area (Å²) in [6.07, 6.45) is 5.46. The van der Waals surface area contributed by atoms with E-state index in [1.807, 2.05) is 0 Å². The topological polar surface area (TPSA) is 37.3 Å². The predicted molar refractivity (Wildman–Crippen MR) is 38.6 cm³/mol. The molecular weight excluding hydrogens is 128 g/mol. The lowest BCUT2D eigenvalue weighted by Crippen LogP contribution is -2.24. The highest BCUT2D eigenvalue weighted by Crippen LogP contribution is 2.25. The highest BCUT2D eigenvalue weighted by Gasteiger charge is 2.21. The summed E-state index contributed by atoms with van der Waals surface area (Å²) < 4.78 is 0. The maximum absolute atomic E-state index is 10.1. The van der Waals surface area contributed by atoms with E-state index in [0.717, 1.165) is 25.5 Å². The fourth-order valence-electron chi connectivity index (χ4n) is 1.59. The molecule has 0 saturated heterocycles. The van der Waals surface area contributed by atoms with Gasteiger partial charge in [0.05, 0.1) is 6.10 Å². The second-order valence-electron chi connectivity index (χ2n) is 3.01. The number of aliphatic hydroxyl groups is 1. The average Bonchev–Trinajstić information content (AvgIpc) is 1.94. The summed E-state index contributed by atoms with van der Waals surface area (Å²) in [5, 5.41) is 9.34. The summed E-state index contributed by atoms with van der Waals surface area (Å²) in [6.45, 7) is 0. The normalized spacial score (nSPS) is 33.7. The van der Waals surface area contributed by atoms with Gasteiger partial charge >= 0.3 is 0 Å². The van der Waals surface area contributed by atoms with Crippen molar-refractivity contribution >= 4 is 6.29 Å². The van der Waals surface area contributed by atoms with Gasteiger partial charge in [-0.2, -0.15) is 0 Å². The zero-order chi connectivity index (χ0) is 7.40. The van der Waals surface area contributed by atoms with E-state index in [1.54, 1.807) is 0 Å². The van der Waals surface area contributed by atoms with Crippen LogP contribution in [-0.2, 0) is 4.79 Å². The number of rotatable bonds is 2. The Morgan fingerprint density at radius 1 is 1.40 bits per heavy atom. The highest BCUT2D eigenvalue weighted by molar-refractivity contribution is 5.49. The van der Waals surface area contributed by atoms with Crippen LogP contribution < -0.4 is 0 Å². The lowest BCUT2D eigenvalue weighted by Gasteiger charge is -2.25. The van der Waals surface area contributed by atoms with Crippen LogP contribution >= 0.6 is 0 Å². The predicted octanol–water partition coefficient (Wildman–Crippen LogP) is 1.13. The van der Waals surface area contributed by atoms with E-state index in [1.165, 1.54) is 6.42 Å². The van der Waals surface area contributed by atoms with Crippen LogP contribution in [0.25, 0.3) is 0 Å². The van der Waals surface area contributed by atoms with E-state index in [0.29, 0.717) is 6.42 Å². The van der Waals surface area contributed by atoms with Crippen molar-refractivity contribution in [2.45, 2.75) is 38.2 Å². The monoisotopic (exact) mass is 142 g/mol. The van der Waals surface area contributed by atoms with E-state index in [9.17, 15) is 9.90 Å². The van der Waals surface area contributed by atoms with Gasteiger partial charge < -0.3 is 9.90 Å². The van der Waals surface area contributed by atoms with Gasteiger partial charge in [0.1, 0.15) is 6.29 Å². The molecule has 2 heteroatoms. The van der Waals surface area contributed by atoms with Crippen LogP contribution in [0.4, 0.5) is 0 Å². The molecule has 0 heterocycles. The molecule has 2 atom stereocenters. The number of carbonyl (C=O) groups excluding carboxylic acids is 1. The molecule has 2 nitrogen and oxygen atoms in total. The number of aldehydes is 1. The van der Waals surface area contributed by atoms with Crippen molar-refractivity contribution in [3.63, 3.8) is 0 Å². The molecule has 10 heavy (non-hydrogen) atoms. The number of hydrogen-bond donors (Lipinski definition) is 1. The summed E-state index contributed by atoms with van der Waals surface area (Å²) in [5.41, 5.74) is 0. The van der Waals surface area contributed by atoms with Crippen molar-refractivity contribution in [2.24, 2.45) is 5.92 Å². The first kappa shape index (κ1) is 7.73. The summed E-state index contributed by atoms with van der Waals surface area (Å²) >= 11 is 0. The quantitative estimate of drug-likeness (QED) is 0.587. The van der Waals surface area contributed by atoms with E-state index in [-0.39, 0.29) is 12.0 Å². The number of carbonyl (C=O) groups is 1. The van der Waals surface area contributed by atoms with Gasteiger partial charge in [0.15, 0.2) is 0 Å². The first-order chi connectivity index (χ1) is 4.84. The maximum Gasteiger partial charge on any atom is 0.120 e. The molecule has 0 aromatic rings. The Hall–Kier alpha value is -0.370. The minimum absolute atomic E-state index is 0.209. The first-order valence-electron chi connectivity index (χ1n) is 3.96. The smallest absolute Gasteiger partial charge is 0.120 e. The number of hydrogen-bond acceptors (Lipinski definition) is 2. The van der Waals surface area contributed by atoms with Crippen LogP contribution in [0.1, 0.15) is 32.1 Å². The van der Waals surface area contributed by atoms with E-state index in [2.05, 4.69) is 0 Å². The fourth-order valence-corrected chi connectivity index (χ4v) is 1.59. The third-order valence-electron chi connectivity index (χ3n) is 2.27. The van der Waals surface area contributed by atoms with Crippen LogP contribution in [0.15, 0.2) is 0 Å². The van der Waals surface area contributed by atoms with Crippen LogP contribution in [-0.4, -0.2) is 17.5 Å². The molecule has 58 valence electrons. The molecule has 1 aliphatic rings. The Morgan fingerprint density at radius 3 is 2.70 bits per heavy atom. The summed E-state index contributed by atoms with van der Waals surface area (Å²) in [6, 6.07) is 0. The third kappa shape index (κ3) is 1.81. The zero-order valence-electron chi connectivity index (χ0n) is 6.12. The lowest BCUT2D eigenvalue weighted by molar-refractivity contribution is -0.109. The second kappa shape index (κ2) is 3.71. The molecule has 0 amide bonds. The molecule has 1 aliphatic carbocycles. The van der Waals surface area contributed by atoms with Gasteiger partial charge in [-0.05, 0) is 18.8 Å². The van der Waals surface area contributed by atoms with Crippen LogP contribution in [0.3, 0.4) is 0 Å². The second-order valence-corrected chi connectivity index (χ2v) is 3.01. The molecule has 1 N–H and O–H groups in total. The van der Waals surface area contributed by atoms with Crippen molar-refractivity contribution in [3.8, 4) is 0 Å². The van der Waals surface area contributed by atoms with Crippen molar-refractivity contribution in [1.82, 2.24) is 0 Å². The molecule has 0 bridgehead atoms. The minimum atomic E-state index is -0.209. The Bertz CT molecular complexity index is 112. The highest BCUT2D eigenvalue weighted by atomic mass is 16.3. The van der Waals surface area contributed by atoms with Gasteiger partial charge in [0.2, 0.25) is 0 Å². The van der Waals surface area contributed by atoms with Gasteiger partial charge in [-0.3, -0.25) is 0 Å². The first-order valence-corrected chi connectivity index (χ1v) is 3.96. The van der Waals surface area contributed by atoms with Gasteiger partial charge in [-0.15, -0.1) is 0 Å². The Kier molecular flexibility index (Phi) is 2.87. The van der Waals surface area contributed by atoms with Crippen molar-refractivity contribution < 1.29 is 9.90 Å². The van der Waals surface area contributed by atoms with Gasteiger partial charge in [0.25, 0.3) is 0 Å². The van der Waals surface area contributed by atoms with Gasteiger partial charge in [-0.1, -0.05) is 12.8 Å². The third-order valence-corrected chi connectivity index (χ3v) is 2.27. The average molecular weight is 142 g/mol. The molecule has 0 spiro atoms. The molecule has 1 rings (SSSR count). The van der Waals surface area contributed by atoms with E-state index >= 15 is 0 Å². The van der Waals surface area contributed by atoms with Crippen LogP contribution in [0.2, 0.25) is 0 Å². The molecule has 0 radical (unpaired) electrons. The molecule has 1 fully saturated rings. The van der Waals surface area contributed by atoms with Crippen molar-refractivity contribution in [3.05, 3.63) is 0 Å². The SMILES string of the molecule is O=CC[C@@H]1CCCC[C@@H]1O. The Morgan fingerprint density at radius 2 is 2.10 bits per heavy atom. The van der Waals surface area contributed by atoms with Crippen molar-refractivity contribution in [1.29, 1.82) is 0 Å². The van der Waals surface area contributed by atoms with Crippen LogP contribution in [0, 0.1) is 5.92 Å². The maximum atomic E-state index is 10.1. The fraction of sp³-hybridized carbons (Fsp3) is 0.875. The van der Waals surface area contributed by atoms with E-state index in [4.69, 9.17) is 0 Å². The zero-order valence-corrected chi connectivity index (χ0v) is 6.12. The molecule has 0 aromatic carbocycles. The Labute approximate surface area is 61.2 Å².